The first-order valence-electron chi connectivity index (χ1n) is 1.96. The molecule has 8 heavy (non-hydrogen) atoms. The molecule has 5 heteroatoms. The minimum atomic E-state index is -0.963. The van der Waals surface area contributed by atoms with Crippen LogP contribution in [0.5, 0.6) is 0 Å². The Morgan fingerprint density at radius 3 is 1.75 bits per heavy atom. The lowest BCUT2D eigenvalue weighted by Crippen LogP contribution is -2.25. The van der Waals surface area contributed by atoms with Crippen LogP contribution < -0.4 is 17.4 Å². The van der Waals surface area contributed by atoms with Crippen molar-refractivity contribution in [1.29, 1.82) is 0 Å². The molecule has 0 heterocycles. The van der Waals surface area contributed by atoms with Crippen LogP contribution in [0.1, 0.15) is 6.92 Å². The SMILES string of the molecule is C[C@H](N)C(=O)O.NN. The van der Waals surface area contributed by atoms with Crippen molar-refractivity contribution in [1.82, 2.24) is 0 Å². The fourth-order valence-corrected chi connectivity index (χ4v) is 0. The Bertz CT molecular complexity index is 63.5. The van der Waals surface area contributed by atoms with Gasteiger partial charge in [0.25, 0.3) is 0 Å². The van der Waals surface area contributed by atoms with E-state index < -0.39 is 12.0 Å². The van der Waals surface area contributed by atoms with Crippen molar-refractivity contribution in [3.63, 3.8) is 0 Å². The normalized spacial score (nSPS) is 11.0. The molecule has 50 valence electrons. The lowest BCUT2D eigenvalue weighted by Gasteiger charge is -1.90. The first-order chi connectivity index (χ1) is 3.64. The summed E-state index contributed by atoms with van der Waals surface area (Å²) < 4.78 is 0. The van der Waals surface area contributed by atoms with Crippen molar-refractivity contribution in [2.75, 3.05) is 0 Å². The van der Waals surface area contributed by atoms with Crippen LogP contribution in [-0.4, -0.2) is 17.1 Å². The summed E-state index contributed by atoms with van der Waals surface area (Å²) >= 11 is 0. The summed E-state index contributed by atoms with van der Waals surface area (Å²) in [5.74, 6) is 7.04. The largest absolute Gasteiger partial charge is 0.480 e. The molecule has 0 saturated carbocycles. The zero-order valence-electron chi connectivity index (χ0n) is 4.66. The molecule has 0 unspecified atom stereocenters. The maximum absolute atomic E-state index is 9.57. The number of carbonyl (C=O) groups is 1. The Morgan fingerprint density at radius 2 is 1.75 bits per heavy atom. The fourth-order valence-electron chi connectivity index (χ4n) is 0. The van der Waals surface area contributed by atoms with Crippen LogP contribution in [0.3, 0.4) is 0 Å². The summed E-state index contributed by atoms with van der Waals surface area (Å²) in [6.07, 6.45) is 0. The molecule has 0 fully saturated rings. The van der Waals surface area contributed by atoms with E-state index in [1.807, 2.05) is 0 Å². The van der Waals surface area contributed by atoms with Crippen molar-refractivity contribution in [3.8, 4) is 0 Å². The molecule has 0 saturated heterocycles. The third-order valence-corrected chi connectivity index (χ3v) is 0.390. The lowest BCUT2D eigenvalue weighted by atomic mass is 10.4. The van der Waals surface area contributed by atoms with Gasteiger partial charge in [-0.1, -0.05) is 0 Å². The topological polar surface area (TPSA) is 115 Å². The highest BCUT2D eigenvalue weighted by atomic mass is 16.4. The quantitative estimate of drug-likeness (QED) is 0.242. The van der Waals surface area contributed by atoms with Gasteiger partial charge in [-0.05, 0) is 6.92 Å². The molecule has 0 bridgehead atoms. The average molecular weight is 121 g/mol. The van der Waals surface area contributed by atoms with Crippen molar-refractivity contribution in [3.05, 3.63) is 0 Å². The van der Waals surface area contributed by atoms with E-state index in [0.717, 1.165) is 0 Å². The summed E-state index contributed by atoms with van der Waals surface area (Å²) in [5, 5.41) is 7.87. The standard InChI is InChI=1S/C3H7NO2.H4N2/c1-2(4)3(5)6;1-2/h2H,4H2,1H3,(H,5,6);1-2H2/t2-;/m0./s1. The molecule has 0 aliphatic heterocycles. The van der Waals surface area contributed by atoms with E-state index in [9.17, 15) is 4.79 Å². The molecule has 0 aliphatic rings. The number of nitrogens with two attached hydrogens (primary N) is 3. The molecular weight excluding hydrogens is 110 g/mol. The van der Waals surface area contributed by atoms with Gasteiger partial charge >= 0.3 is 5.97 Å². The van der Waals surface area contributed by atoms with Gasteiger partial charge < -0.3 is 10.8 Å². The Morgan fingerprint density at radius 1 is 1.62 bits per heavy atom. The number of aliphatic carboxylic acids is 1. The third kappa shape index (κ3) is 9.02. The van der Waals surface area contributed by atoms with Crippen LogP contribution in [0.2, 0.25) is 0 Å². The highest BCUT2D eigenvalue weighted by Crippen LogP contribution is 1.68. The van der Waals surface area contributed by atoms with Gasteiger partial charge in [-0.15, -0.1) is 0 Å². The second-order valence-corrected chi connectivity index (χ2v) is 1.13. The van der Waals surface area contributed by atoms with Crippen LogP contribution in [-0.2, 0) is 4.79 Å². The van der Waals surface area contributed by atoms with Crippen LogP contribution in [0.25, 0.3) is 0 Å². The Hall–Kier alpha value is -0.650. The van der Waals surface area contributed by atoms with Gasteiger partial charge in [0, 0.05) is 0 Å². The molecule has 0 spiro atoms. The molecule has 5 nitrogen and oxygen atoms in total. The number of hydrogen-bond acceptors (Lipinski definition) is 4. The smallest absolute Gasteiger partial charge is 0.320 e. The van der Waals surface area contributed by atoms with E-state index in [2.05, 4.69) is 11.7 Å². The molecule has 0 amide bonds. The van der Waals surface area contributed by atoms with Crippen molar-refractivity contribution >= 4 is 5.97 Å². The molecule has 0 aliphatic carbocycles. The van der Waals surface area contributed by atoms with Gasteiger partial charge in [0.2, 0.25) is 0 Å². The van der Waals surface area contributed by atoms with E-state index in [1.54, 1.807) is 0 Å². The lowest BCUT2D eigenvalue weighted by molar-refractivity contribution is -0.138. The zero-order chi connectivity index (χ0) is 7.15. The molecule has 1 atom stereocenters. The maximum atomic E-state index is 9.57. The average Bonchev–Trinajstić information content (AvgIpc) is 1.72. The van der Waals surface area contributed by atoms with Crippen LogP contribution in [0.4, 0.5) is 0 Å². The fraction of sp³-hybridized carbons (Fsp3) is 0.667. The van der Waals surface area contributed by atoms with Gasteiger partial charge in [-0.2, -0.15) is 0 Å². The summed E-state index contributed by atoms with van der Waals surface area (Å²) in [6, 6.07) is -0.731. The van der Waals surface area contributed by atoms with Gasteiger partial charge in [0.15, 0.2) is 0 Å². The molecule has 0 aromatic rings. The van der Waals surface area contributed by atoms with Gasteiger partial charge in [0.1, 0.15) is 6.04 Å². The van der Waals surface area contributed by atoms with E-state index in [1.165, 1.54) is 6.92 Å². The summed E-state index contributed by atoms with van der Waals surface area (Å²) in [5.41, 5.74) is 4.84. The van der Waals surface area contributed by atoms with Crippen molar-refractivity contribution in [2.24, 2.45) is 17.4 Å². The molecule has 7 N–H and O–H groups in total. The van der Waals surface area contributed by atoms with Crippen molar-refractivity contribution in [2.45, 2.75) is 13.0 Å². The van der Waals surface area contributed by atoms with Crippen LogP contribution in [0, 0.1) is 0 Å². The Kier molecular flexibility index (Phi) is 8.22. The monoisotopic (exact) mass is 121 g/mol. The molecule has 0 aromatic carbocycles. The Labute approximate surface area is 47.4 Å². The predicted molar refractivity (Wildman–Crippen MR) is 29.7 cm³/mol. The number of carboxylic acids is 1. The second-order valence-electron chi connectivity index (χ2n) is 1.13. The predicted octanol–water partition coefficient (Wildman–Crippen LogP) is -1.76. The molecule has 0 rings (SSSR count). The van der Waals surface area contributed by atoms with Gasteiger partial charge in [0.05, 0.1) is 0 Å². The van der Waals surface area contributed by atoms with E-state index in [-0.39, 0.29) is 0 Å². The molecule has 0 aromatic heterocycles. The van der Waals surface area contributed by atoms with E-state index in [0.29, 0.717) is 0 Å². The molecular formula is C3H11N3O2. The first kappa shape index (κ1) is 10.4. The van der Waals surface area contributed by atoms with E-state index >= 15 is 0 Å². The Balaban J connectivity index is 0. The molecule has 0 radical (unpaired) electrons. The van der Waals surface area contributed by atoms with E-state index in [4.69, 9.17) is 10.8 Å². The highest BCUT2D eigenvalue weighted by molar-refractivity contribution is 5.72. The first-order valence-corrected chi connectivity index (χ1v) is 1.96. The maximum Gasteiger partial charge on any atom is 0.320 e. The number of hydrogen-bond donors (Lipinski definition) is 4. The van der Waals surface area contributed by atoms with Crippen LogP contribution in [0.15, 0.2) is 0 Å². The summed E-state index contributed by atoms with van der Waals surface area (Å²) in [7, 11) is 0. The van der Waals surface area contributed by atoms with Gasteiger partial charge in [-0.25, -0.2) is 0 Å². The second kappa shape index (κ2) is 6.35. The number of hydrazine groups is 1. The third-order valence-electron chi connectivity index (χ3n) is 0.390. The van der Waals surface area contributed by atoms with Crippen molar-refractivity contribution < 1.29 is 9.90 Å². The van der Waals surface area contributed by atoms with Crippen LogP contribution >= 0.6 is 0 Å². The van der Waals surface area contributed by atoms with Gasteiger partial charge in [-0.3, -0.25) is 16.5 Å². The number of carboxylic acid groups (broad SMARTS) is 1. The zero-order valence-corrected chi connectivity index (χ0v) is 4.66. The summed E-state index contributed by atoms with van der Waals surface area (Å²) in [4.78, 5) is 9.57. The minimum absolute atomic E-state index is 0.731. The minimum Gasteiger partial charge on any atom is -0.480 e. The summed E-state index contributed by atoms with van der Waals surface area (Å²) in [6.45, 7) is 1.42. The number of rotatable bonds is 1. The highest BCUT2D eigenvalue weighted by Gasteiger charge is 1.99.